The third kappa shape index (κ3) is 6.88. The van der Waals surface area contributed by atoms with Crippen LogP contribution in [0.2, 0.25) is 0 Å². The molecule has 0 amide bonds. The SMILES string of the molecule is CC.CC.CCC(C)c1ccc2c(c1)OCO2.Cc1ccc2c(c1)OCCN2C. The Kier molecular flexibility index (Phi) is 11.0. The molecule has 0 radical (unpaired) electrons. The zero-order valence-electron chi connectivity index (χ0n) is 19.5. The van der Waals surface area contributed by atoms with Gasteiger partial charge in [-0.2, -0.15) is 0 Å². The van der Waals surface area contributed by atoms with Crippen molar-refractivity contribution in [2.24, 2.45) is 0 Å². The number of aryl methyl sites for hydroxylation is 1. The van der Waals surface area contributed by atoms with E-state index in [2.05, 4.69) is 63.1 Å². The minimum atomic E-state index is 0.360. The predicted octanol–water partition coefficient (Wildman–Crippen LogP) is 6.80. The highest BCUT2D eigenvalue weighted by Gasteiger charge is 2.15. The highest BCUT2D eigenvalue weighted by molar-refractivity contribution is 5.60. The largest absolute Gasteiger partial charge is 0.490 e. The molecule has 0 aliphatic carbocycles. The van der Waals surface area contributed by atoms with Crippen molar-refractivity contribution in [3.05, 3.63) is 47.5 Å². The molecule has 2 aromatic carbocycles. The summed E-state index contributed by atoms with van der Waals surface area (Å²) in [6.07, 6.45) is 1.15. The summed E-state index contributed by atoms with van der Waals surface area (Å²) >= 11 is 0. The fourth-order valence-electron chi connectivity index (χ4n) is 2.92. The van der Waals surface area contributed by atoms with Crippen molar-refractivity contribution >= 4 is 5.69 Å². The lowest BCUT2D eigenvalue weighted by molar-refractivity contribution is 0.174. The van der Waals surface area contributed by atoms with E-state index in [9.17, 15) is 0 Å². The van der Waals surface area contributed by atoms with Crippen molar-refractivity contribution < 1.29 is 14.2 Å². The van der Waals surface area contributed by atoms with E-state index in [1.165, 1.54) is 16.8 Å². The van der Waals surface area contributed by atoms with Crippen molar-refractivity contribution in [2.45, 2.75) is 60.8 Å². The average molecular weight is 402 g/mol. The molecule has 2 aromatic rings. The van der Waals surface area contributed by atoms with Crippen LogP contribution in [0.5, 0.6) is 17.2 Å². The third-order valence-corrected chi connectivity index (χ3v) is 4.79. The van der Waals surface area contributed by atoms with Crippen molar-refractivity contribution in [1.29, 1.82) is 0 Å². The van der Waals surface area contributed by atoms with Gasteiger partial charge >= 0.3 is 0 Å². The number of hydrogen-bond acceptors (Lipinski definition) is 4. The molecular weight excluding hydrogens is 362 g/mol. The summed E-state index contributed by atoms with van der Waals surface area (Å²) in [6.45, 7) is 16.6. The number of nitrogens with zero attached hydrogens (tertiary/aromatic N) is 1. The maximum atomic E-state index is 5.53. The lowest BCUT2D eigenvalue weighted by Crippen LogP contribution is -2.28. The number of hydrogen-bond donors (Lipinski definition) is 0. The van der Waals surface area contributed by atoms with Crippen molar-refractivity contribution in [3.8, 4) is 17.2 Å². The highest BCUT2D eigenvalue weighted by Crippen LogP contribution is 2.35. The topological polar surface area (TPSA) is 30.9 Å². The molecule has 0 saturated heterocycles. The van der Waals surface area contributed by atoms with Gasteiger partial charge in [0.1, 0.15) is 12.4 Å². The van der Waals surface area contributed by atoms with E-state index in [-0.39, 0.29) is 0 Å². The van der Waals surface area contributed by atoms with Crippen molar-refractivity contribution in [2.75, 3.05) is 31.9 Å². The smallest absolute Gasteiger partial charge is 0.231 e. The standard InChI is InChI=1S/C11H14O2.C10H13NO.2C2H6/c1-3-8(2)9-4-5-10-11(6-9)13-7-12-10;1-8-3-4-9-10(7-8)12-6-5-11(9)2;2*1-2/h4-6,8H,3,7H2,1-2H3;3-4,7H,5-6H2,1-2H3;2*1-2H3. The molecule has 0 bridgehead atoms. The second-order valence-corrected chi connectivity index (χ2v) is 6.66. The fraction of sp³-hybridized carbons (Fsp3) is 0.520. The predicted molar refractivity (Wildman–Crippen MR) is 124 cm³/mol. The molecule has 0 saturated carbocycles. The van der Waals surface area contributed by atoms with E-state index in [1.54, 1.807) is 0 Å². The van der Waals surface area contributed by atoms with E-state index >= 15 is 0 Å². The lowest BCUT2D eigenvalue weighted by atomic mass is 9.98. The number of ether oxygens (including phenoxy) is 3. The molecule has 0 aromatic heterocycles. The second kappa shape index (κ2) is 13.0. The first-order chi connectivity index (χ1) is 14.1. The van der Waals surface area contributed by atoms with Gasteiger partial charge in [0, 0.05) is 7.05 Å². The van der Waals surface area contributed by atoms with Crippen LogP contribution in [0, 0.1) is 6.92 Å². The summed E-state index contributed by atoms with van der Waals surface area (Å²) in [4.78, 5) is 2.22. The van der Waals surface area contributed by atoms with Crippen LogP contribution in [0.4, 0.5) is 5.69 Å². The van der Waals surface area contributed by atoms with E-state index < -0.39 is 0 Å². The van der Waals surface area contributed by atoms with Crippen LogP contribution >= 0.6 is 0 Å². The average Bonchev–Trinajstić information content (AvgIpc) is 3.24. The molecule has 1 unspecified atom stereocenters. The zero-order valence-corrected chi connectivity index (χ0v) is 19.5. The summed E-state index contributed by atoms with van der Waals surface area (Å²) in [5.41, 5.74) is 3.78. The first kappa shape index (κ1) is 24.7. The van der Waals surface area contributed by atoms with Crippen LogP contribution in [0.3, 0.4) is 0 Å². The van der Waals surface area contributed by atoms with Gasteiger partial charge < -0.3 is 19.1 Å². The van der Waals surface area contributed by atoms with Gasteiger partial charge in [-0.25, -0.2) is 0 Å². The quantitative estimate of drug-likeness (QED) is 0.553. The maximum Gasteiger partial charge on any atom is 0.231 e. The minimum absolute atomic E-state index is 0.360. The van der Waals surface area contributed by atoms with Crippen LogP contribution in [-0.4, -0.2) is 27.0 Å². The number of benzene rings is 2. The Morgan fingerprint density at radius 1 is 0.897 bits per heavy atom. The van der Waals surface area contributed by atoms with E-state index in [1.807, 2.05) is 33.8 Å². The number of fused-ring (bicyclic) bond motifs is 2. The second-order valence-electron chi connectivity index (χ2n) is 6.66. The number of likely N-dealkylation sites (N-methyl/N-ethyl adjacent to an activating group) is 1. The monoisotopic (exact) mass is 401 g/mol. The van der Waals surface area contributed by atoms with E-state index in [0.29, 0.717) is 12.7 Å². The summed E-state index contributed by atoms with van der Waals surface area (Å²) < 4.78 is 16.1. The summed E-state index contributed by atoms with van der Waals surface area (Å²) in [6, 6.07) is 12.5. The fourth-order valence-corrected chi connectivity index (χ4v) is 2.92. The van der Waals surface area contributed by atoms with Crippen LogP contribution < -0.4 is 19.1 Å². The Morgan fingerprint density at radius 3 is 2.28 bits per heavy atom. The van der Waals surface area contributed by atoms with Gasteiger partial charge in [0.05, 0.1) is 12.2 Å². The molecule has 2 aliphatic rings. The van der Waals surface area contributed by atoms with Crippen LogP contribution in [0.15, 0.2) is 36.4 Å². The van der Waals surface area contributed by atoms with Gasteiger partial charge in [0.25, 0.3) is 0 Å². The first-order valence-electron chi connectivity index (χ1n) is 10.9. The van der Waals surface area contributed by atoms with Gasteiger partial charge in [-0.1, -0.05) is 53.7 Å². The molecule has 4 nitrogen and oxygen atoms in total. The molecule has 2 aliphatic heterocycles. The first-order valence-corrected chi connectivity index (χ1v) is 10.9. The molecule has 0 fully saturated rings. The Hall–Kier alpha value is -2.36. The molecule has 1 atom stereocenters. The molecule has 0 N–H and O–H groups in total. The Morgan fingerprint density at radius 2 is 1.59 bits per heavy atom. The lowest BCUT2D eigenvalue weighted by Gasteiger charge is -2.27. The van der Waals surface area contributed by atoms with Crippen molar-refractivity contribution in [3.63, 3.8) is 0 Å². The van der Waals surface area contributed by atoms with Crippen LogP contribution in [0.1, 0.15) is 65.0 Å². The Balaban J connectivity index is 0.000000248. The third-order valence-electron chi connectivity index (χ3n) is 4.79. The van der Waals surface area contributed by atoms with Crippen LogP contribution in [-0.2, 0) is 0 Å². The maximum absolute atomic E-state index is 5.53. The summed E-state index contributed by atoms with van der Waals surface area (Å²) in [5.74, 6) is 3.36. The highest BCUT2D eigenvalue weighted by atomic mass is 16.7. The van der Waals surface area contributed by atoms with Crippen molar-refractivity contribution in [1.82, 2.24) is 0 Å². The molecule has 162 valence electrons. The van der Waals surface area contributed by atoms with E-state index in [4.69, 9.17) is 14.2 Å². The number of rotatable bonds is 2. The Labute approximate surface area is 177 Å². The Bertz CT molecular complexity index is 730. The summed E-state index contributed by atoms with van der Waals surface area (Å²) in [5, 5.41) is 0. The molecule has 29 heavy (non-hydrogen) atoms. The van der Waals surface area contributed by atoms with Gasteiger partial charge in [0.2, 0.25) is 6.79 Å². The molecular formula is C25H39NO3. The number of anilines is 1. The molecule has 0 spiro atoms. The minimum Gasteiger partial charge on any atom is -0.490 e. The van der Waals surface area contributed by atoms with Gasteiger partial charge in [-0.15, -0.1) is 0 Å². The molecule has 4 rings (SSSR count). The summed E-state index contributed by atoms with van der Waals surface area (Å²) in [7, 11) is 2.09. The van der Waals surface area contributed by atoms with E-state index in [0.717, 1.165) is 36.8 Å². The van der Waals surface area contributed by atoms with Crippen LogP contribution in [0.25, 0.3) is 0 Å². The van der Waals surface area contributed by atoms with Gasteiger partial charge in [-0.05, 0) is 54.7 Å². The normalized spacial score (nSPS) is 13.9. The molecule has 4 heteroatoms. The molecule has 2 heterocycles. The zero-order chi connectivity index (χ0) is 21.8. The van der Waals surface area contributed by atoms with Gasteiger partial charge in [0.15, 0.2) is 11.5 Å². The van der Waals surface area contributed by atoms with Gasteiger partial charge in [-0.3, -0.25) is 0 Å².